The number of carbonyl (C=O) groups is 2. The zero-order valence-corrected chi connectivity index (χ0v) is 14.4. The molecule has 7 heteroatoms. The van der Waals surface area contributed by atoms with Gasteiger partial charge in [0, 0.05) is 12.3 Å². The van der Waals surface area contributed by atoms with Crippen LogP contribution < -0.4 is 4.74 Å². The van der Waals surface area contributed by atoms with Crippen molar-refractivity contribution in [2.24, 2.45) is 0 Å². The molecule has 1 heterocycles. The van der Waals surface area contributed by atoms with Crippen LogP contribution >= 0.6 is 7.60 Å². The smallest absolute Gasteiger partial charge is 0.345 e. The summed E-state index contributed by atoms with van der Waals surface area (Å²) in [6.45, 7) is 5.05. The first-order valence-electron chi connectivity index (χ1n) is 7.61. The van der Waals surface area contributed by atoms with Crippen molar-refractivity contribution in [2.75, 3.05) is 13.2 Å². The van der Waals surface area contributed by atoms with Crippen LogP contribution in [0.1, 0.15) is 38.7 Å². The highest BCUT2D eigenvalue weighted by Crippen LogP contribution is 2.60. The third-order valence-electron chi connectivity index (χ3n) is 3.62. The minimum absolute atomic E-state index is 0.0704. The Bertz CT molecular complexity index is 631. The quantitative estimate of drug-likeness (QED) is 0.430. The molecule has 1 aliphatic rings. The minimum Gasteiger partial charge on any atom is -0.426 e. The molecule has 126 valence electrons. The molecule has 0 fully saturated rings. The number of carbonyl (C=O) groups excluding carboxylic acids is 2. The molecule has 1 aliphatic heterocycles. The summed E-state index contributed by atoms with van der Waals surface area (Å²) in [4.78, 5) is 24.2. The van der Waals surface area contributed by atoms with Crippen LogP contribution in [0.2, 0.25) is 0 Å². The fourth-order valence-corrected chi connectivity index (χ4v) is 4.95. The number of benzene rings is 1. The van der Waals surface area contributed by atoms with Crippen molar-refractivity contribution in [1.82, 2.24) is 0 Å². The maximum absolute atomic E-state index is 13.1. The molecule has 0 spiro atoms. The number of hydrogen-bond donors (Lipinski definition) is 0. The Morgan fingerprint density at radius 2 is 1.83 bits per heavy atom. The SMILES string of the molecule is CCOP(=O)(OCC)[C@H]1C(=O)Oc2ccccc2[C@@H]1CC(C)=O. The molecule has 23 heavy (non-hydrogen) atoms. The summed E-state index contributed by atoms with van der Waals surface area (Å²) in [5, 5.41) is 0. The fourth-order valence-electron chi connectivity index (χ4n) is 2.82. The summed E-state index contributed by atoms with van der Waals surface area (Å²) < 4.78 is 29.1. The van der Waals surface area contributed by atoms with Gasteiger partial charge in [-0.2, -0.15) is 0 Å². The van der Waals surface area contributed by atoms with Crippen molar-refractivity contribution in [1.29, 1.82) is 0 Å². The Kier molecular flexibility index (Phi) is 5.74. The van der Waals surface area contributed by atoms with Crippen LogP contribution in [0.5, 0.6) is 5.75 Å². The number of Topliss-reactive ketones (excluding diaryl/α,β-unsaturated/α-hetero) is 1. The summed E-state index contributed by atoms with van der Waals surface area (Å²) in [5.41, 5.74) is -0.465. The van der Waals surface area contributed by atoms with Gasteiger partial charge in [-0.3, -0.25) is 9.36 Å². The first-order valence-corrected chi connectivity index (χ1v) is 9.23. The van der Waals surface area contributed by atoms with E-state index in [0.717, 1.165) is 0 Å². The summed E-state index contributed by atoms with van der Waals surface area (Å²) in [7, 11) is -3.75. The number of rotatable bonds is 7. The Labute approximate surface area is 135 Å². The van der Waals surface area contributed by atoms with Gasteiger partial charge in [0.2, 0.25) is 0 Å². The number of ether oxygens (including phenoxy) is 1. The van der Waals surface area contributed by atoms with Gasteiger partial charge in [0.1, 0.15) is 11.5 Å². The second-order valence-electron chi connectivity index (χ2n) is 5.29. The molecule has 2 rings (SSSR count). The zero-order chi connectivity index (χ0) is 17.0. The maximum atomic E-state index is 13.1. The van der Waals surface area contributed by atoms with E-state index in [0.29, 0.717) is 11.3 Å². The molecule has 0 saturated carbocycles. The standard InChI is InChI=1S/C16H21O6P/c1-4-20-23(19,21-5-2)15-13(10-11(3)17)12-8-6-7-9-14(12)22-16(15)18/h6-9,13,15H,4-5,10H2,1-3H3/t13-,15+/m0/s1. The van der Waals surface area contributed by atoms with Crippen molar-refractivity contribution in [3.05, 3.63) is 29.8 Å². The monoisotopic (exact) mass is 340 g/mol. The molecule has 6 nitrogen and oxygen atoms in total. The molecule has 0 radical (unpaired) electrons. The molecule has 0 N–H and O–H groups in total. The molecule has 0 bridgehead atoms. The van der Waals surface area contributed by atoms with E-state index in [1.165, 1.54) is 6.92 Å². The van der Waals surface area contributed by atoms with Gasteiger partial charge in [-0.15, -0.1) is 0 Å². The number of esters is 1. The summed E-state index contributed by atoms with van der Waals surface area (Å²) >= 11 is 0. The van der Waals surface area contributed by atoms with Crippen LogP contribution in [0, 0.1) is 0 Å². The second kappa shape index (κ2) is 7.39. The van der Waals surface area contributed by atoms with E-state index < -0.39 is 25.1 Å². The van der Waals surface area contributed by atoms with Crippen LogP contribution in [0.3, 0.4) is 0 Å². The average molecular weight is 340 g/mol. The van der Waals surface area contributed by atoms with Gasteiger partial charge in [-0.05, 0) is 32.4 Å². The van der Waals surface area contributed by atoms with Gasteiger partial charge in [0.15, 0.2) is 5.66 Å². The van der Waals surface area contributed by atoms with Crippen molar-refractivity contribution in [3.63, 3.8) is 0 Å². The normalized spacial score (nSPS) is 20.7. The largest absolute Gasteiger partial charge is 0.426 e. The van der Waals surface area contributed by atoms with Crippen molar-refractivity contribution in [3.8, 4) is 5.75 Å². The summed E-state index contributed by atoms with van der Waals surface area (Å²) in [6.07, 6.45) is 0.0704. The van der Waals surface area contributed by atoms with Gasteiger partial charge in [0.25, 0.3) is 0 Å². The van der Waals surface area contributed by atoms with E-state index in [9.17, 15) is 14.2 Å². The topological polar surface area (TPSA) is 78.9 Å². The molecule has 0 aromatic heterocycles. The third-order valence-corrected chi connectivity index (χ3v) is 6.11. The van der Waals surface area contributed by atoms with Crippen LogP contribution in [0.15, 0.2) is 24.3 Å². The maximum Gasteiger partial charge on any atom is 0.345 e. The molecule has 1 aromatic carbocycles. The second-order valence-corrected chi connectivity index (χ2v) is 7.44. The number of ketones is 1. The predicted octanol–water partition coefficient (Wildman–Crippen LogP) is 3.30. The lowest BCUT2D eigenvalue weighted by Gasteiger charge is -2.34. The van der Waals surface area contributed by atoms with Gasteiger partial charge in [-0.25, -0.2) is 0 Å². The zero-order valence-electron chi connectivity index (χ0n) is 13.5. The third kappa shape index (κ3) is 3.71. The van der Waals surface area contributed by atoms with Crippen molar-refractivity contribution in [2.45, 2.75) is 38.8 Å². The molecular weight excluding hydrogens is 319 g/mol. The lowest BCUT2D eigenvalue weighted by Crippen LogP contribution is -2.38. The van der Waals surface area contributed by atoms with Crippen LogP contribution in [-0.2, 0) is 23.2 Å². The average Bonchev–Trinajstić information content (AvgIpc) is 2.46. The number of fused-ring (bicyclic) bond motifs is 1. The Morgan fingerprint density at radius 1 is 1.22 bits per heavy atom. The Hall–Kier alpha value is -1.49. The van der Waals surface area contributed by atoms with Crippen LogP contribution in [-0.4, -0.2) is 30.6 Å². The molecule has 0 saturated heterocycles. The van der Waals surface area contributed by atoms with Crippen molar-refractivity contribution < 1.29 is 27.9 Å². The van der Waals surface area contributed by atoms with E-state index >= 15 is 0 Å². The number of hydrogen-bond acceptors (Lipinski definition) is 6. The van der Waals surface area contributed by atoms with E-state index in [1.54, 1.807) is 38.1 Å². The van der Waals surface area contributed by atoms with E-state index in [-0.39, 0.29) is 25.4 Å². The minimum atomic E-state index is -3.75. The summed E-state index contributed by atoms with van der Waals surface area (Å²) in [6, 6.07) is 6.95. The van der Waals surface area contributed by atoms with Gasteiger partial charge in [-0.1, -0.05) is 18.2 Å². The lowest BCUT2D eigenvalue weighted by atomic mass is 9.88. The first kappa shape index (κ1) is 17.9. The number of para-hydroxylation sites is 1. The molecule has 0 unspecified atom stereocenters. The van der Waals surface area contributed by atoms with Crippen molar-refractivity contribution >= 4 is 19.3 Å². The lowest BCUT2D eigenvalue weighted by molar-refractivity contribution is -0.136. The fraction of sp³-hybridized carbons (Fsp3) is 0.500. The molecule has 0 amide bonds. The van der Waals surface area contributed by atoms with Gasteiger partial charge in [0.05, 0.1) is 13.2 Å². The molecule has 1 aromatic rings. The molecule has 0 aliphatic carbocycles. The van der Waals surface area contributed by atoms with Crippen LogP contribution in [0.4, 0.5) is 0 Å². The van der Waals surface area contributed by atoms with E-state index in [4.69, 9.17) is 13.8 Å². The van der Waals surface area contributed by atoms with E-state index in [1.807, 2.05) is 0 Å². The van der Waals surface area contributed by atoms with Gasteiger partial charge < -0.3 is 18.6 Å². The molecule has 2 atom stereocenters. The highest BCUT2D eigenvalue weighted by Gasteiger charge is 2.51. The highest BCUT2D eigenvalue weighted by molar-refractivity contribution is 7.55. The Balaban J connectivity index is 2.53. The Morgan fingerprint density at radius 3 is 2.39 bits per heavy atom. The molecular formula is C16H21O6P. The highest BCUT2D eigenvalue weighted by atomic mass is 31.2. The predicted molar refractivity (Wildman–Crippen MR) is 84.8 cm³/mol. The first-order chi connectivity index (χ1) is 10.9. The summed E-state index contributed by atoms with van der Waals surface area (Å²) in [5.74, 6) is -0.988. The van der Waals surface area contributed by atoms with E-state index in [2.05, 4.69) is 0 Å². The van der Waals surface area contributed by atoms with Crippen LogP contribution in [0.25, 0.3) is 0 Å². The van der Waals surface area contributed by atoms with Gasteiger partial charge >= 0.3 is 13.6 Å².